The molecule has 0 aliphatic rings. The van der Waals surface area contributed by atoms with Crippen molar-refractivity contribution in [3.05, 3.63) is 18.6 Å². The Bertz CT molecular complexity index is 207. The molecule has 0 saturated carbocycles. The van der Waals surface area contributed by atoms with Crippen LogP contribution in [0.3, 0.4) is 0 Å². The summed E-state index contributed by atoms with van der Waals surface area (Å²) in [5.41, 5.74) is 0. The van der Waals surface area contributed by atoms with Gasteiger partial charge in [0, 0.05) is 0 Å². The Labute approximate surface area is 115 Å². The molecule has 0 unspecified atom stereocenters. The Morgan fingerprint density at radius 2 is 1.17 bits per heavy atom. The molecule has 0 aromatic carbocycles. The van der Waals surface area contributed by atoms with E-state index in [0.29, 0.717) is 0 Å². The van der Waals surface area contributed by atoms with Gasteiger partial charge in [-0.3, -0.25) is 0 Å². The van der Waals surface area contributed by atoms with Crippen molar-refractivity contribution >= 4 is 0 Å². The second-order valence-electron chi connectivity index (χ2n) is 5.22. The highest BCUT2D eigenvalue weighted by Gasteiger charge is 1.92. The van der Waals surface area contributed by atoms with Gasteiger partial charge < -0.3 is 0 Å². The van der Waals surface area contributed by atoms with Gasteiger partial charge in [0.25, 0.3) is 0 Å². The molecule has 0 fully saturated rings. The molecule has 0 heterocycles. The van der Waals surface area contributed by atoms with Gasteiger partial charge in [0.05, 0.1) is 0 Å². The standard InChI is InChI=1S/C18H31/c1-3-5-7-9-11-13-15-17-18-16-14-12-10-8-6-4-2/h6,8H,3,5,7,9-18H2,1H3. The number of hydrogen-bond acceptors (Lipinski definition) is 0. The van der Waals surface area contributed by atoms with Crippen molar-refractivity contribution in [2.75, 3.05) is 0 Å². The molecule has 0 saturated heterocycles. The van der Waals surface area contributed by atoms with E-state index in [-0.39, 0.29) is 0 Å². The summed E-state index contributed by atoms with van der Waals surface area (Å²) in [6.07, 6.45) is 28.4. The fraction of sp³-hybridized carbons (Fsp3) is 0.778. The van der Waals surface area contributed by atoms with E-state index in [0.717, 1.165) is 6.42 Å². The van der Waals surface area contributed by atoms with Gasteiger partial charge in [-0.25, -0.2) is 0 Å². The molecule has 103 valence electrons. The van der Waals surface area contributed by atoms with E-state index in [1.54, 1.807) is 6.08 Å². The second kappa shape index (κ2) is 16.3. The van der Waals surface area contributed by atoms with Crippen LogP contribution in [0.25, 0.3) is 0 Å². The van der Waals surface area contributed by atoms with Crippen LogP contribution in [0.4, 0.5) is 0 Å². The van der Waals surface area contributed by atoms with E-state index in [2.05, 4.69) is 12.8 Å². The maximum atomic E-state index is 6.73. The van der Waals surface area contributed by atoms with Crippen LogP contribution < -0.4 is 0 Å². The van der Waals surface area contributed by atoms with Crippen molar-refractivity contribution < 1.29 is 0 Å². The second-order valence-corrected chi connectivity index (χ2v) is 5.22. The lowest BCUT2D eigenvalue weighted by atomic mass is 10.0. The fourth-order valence-corrected chi connectivity index (χ4v) is 2.25. The van der Waals surface area contributed by atoms with Gasteiger partial charge in [-0.15, -0.1) is 0 Å². The molecule has 0 spiro atoms. The summed E-state index contributed by atoms with van der Waals surface area (Å²) in [5, 5.41) is 0. The normalized spacial score (nSPS) is 10.9. The first-order valence-corrected chi connectivity index (χ1v) is 7.99. The summed E-state index contributed by atoms with van der Waals surface area (Å²) in [5.74, 6) is 2.28. The lowest BCUT2D eigenvalue weighted by Crippen LogP contribution is -1.82. The van der Waals surface area contributed by atoms with Gasteiger partial charge in [-0.05, 0) is 25.3 Å². The molecular formula is C18H31. The zero-order valence-electron chi connectivity index (χ0n) is 12.3. The van der Waals surface area contributed by atoms with E-state index in [1.165, 1.54) is 77.0 Å². The minimum absolute atomic E-state index is 1.11. The lowest BCUT2D eigenvalue weighted by Gasteiger charge is -2.02. The molecule has 0 nitrogen and oxygen atoms in total. The van der Waals surface area contributed by atoms with Crippen LogP contribution in [0.5, 0.6) is 0 Å². The predicted octanol–water partition coefficient (Wildman–Crippen LogP) is 6.22. The molecule has 18 heavy (non-hydrogen) atoms. The highest BCUT2D eigenvalue weighted by molar-refractivity contribution is 5.04. The van der Waals surface area contributed by atoms with Crippen molar-refractivity contribution in [1.82, 2.24) is 0 Å². The van der Waals surface area contributed by atoms with E-state index in [4.69, 9.17) is 6.42 Å². The molecule has 0 aromatic heterocycles. The summed E-state index contributed by atoms with van der Waals surface area (Å²) >= 11 is 0. The number of hydrogen-bond donors (Lipinski definition) is 0. The van der Waals surface area contributed by atoms with Crippen LogP contribution in [-0.4, -0.2) is 0 Å². The average molecular weight is 247 g/mol. The molecule has 0 rings (SSSR count). The van der Waals surface area contributed by atoms with Gasteiger partial charge in [0.15, 0.2) is 0 Å². The van der Waals surface area contributed by atoms with Gasteiger partial charge in [-0.1, -0.05) is 89.5 Å². The molecule has 0 bridgehead atoms. The van der Waals surface area contributed by atoms with Crippen LogP contribution >= 0.6 is 0 Å². The van der Waals surface area contributed by atoms with Crippen molar-refractivity contribution in [2.45, 2.75) is 90.4 Å². The number of unbranched alkanes of at least 4 members (excludes halogenated alkanes) is 12. The molecular weight excluding hydrogens is 216 g/mol. The maximum absolute atomic E-state index is 6.73. The zero-order valence-corrected chi connectivity index (χ0v) is 12.3. The van der Waals surface area contributed by atoms with Crippen LogP contribution in [0, 0.1) is 12.3 Å². The van der Waals surface area contributed by atoms with Gasteiger partial charge in [0.2, 0.25) is 0 Å². The largest absolute Gasteiger partial charge is 0.0761 e. The first kappa shape index (κ1) is 17.3. The molecule has 0 aliphatic heterocycles. The summed E-state index contributed by atoms with van der Waals surface area (Å²) in [4.78, 5) is 0. The lowest BCUT2D eigenvalue weighted by molar-refractivity contribution is 0.545. The van der Waals surface area contributed by atoms with E-state index < -0.39 is 0 Å². The first-order chi connectivity index (χ1) is 8.91. The monoisotopic (exact) mass is 247 g/mol. The molecule has 0 atom stereocenters. The quantitative estimate of drug-likeness (QED) is 0.267. The zero-order chi connectivity index (χ0) is 13.3. The Morgan fingerprint density at radius 3 is 1.61 bits per heavy atom. The average Bonchev–Trinajstić information content (AvgIpc) is 2.39. The summed E-state index contributed by atoms with van der Waals surface area (Å²) < 4.78 is 0. The topological polar surface area (TPSA) is 0 Å². The first-order valence-electron chi connectivity index (χ1n) is 7.99. The van der Waals surface area contributed by atoms with E-state index >= 15 is 0 Å². The van der Waals surface area contributed by atoms with Crippen LogP contribution in [0.15, 0.2) is 12.2 Å². The Balaban J connectivity index is 2.95. The Hall–Kier alpha value is -0.700. The van der Waals surface area contributed by atoms with Crippen LogP contribution in [0.1, 0.15) is 90.4 Å². The van der Waals surface area contributed by atoms with Gasteiger partial charge in [-0.2, -0.15) is 0 Å². The van der Waals surface area contributed by atoms with Crippen molar-refractivity contribution in [3.63, 3.8) is 0 Å². The summed E-state index contributed by atoms with van der Waals surface area (Å²) in [7, 11) is 0. The van der Waals surface area contributed by atoms with Crippen molar-refractivity contribution in [2.24, 2.45) is 0 Å². The molecule has 0 aliphatic carbocycles. The summed E-state index contributed by atoms with van der Waals surface area (Å²) in [6.45, 7) is 2.28. The van der Waals surface area contributed by atoms with E-state index in [1.807, 2.05) is 6.08 Å². The molecule has 0 aromatic rings. The minimum atomic E-state index is 1.11. The molecule has 1 radical (unpaired) electrons. The summed E-state index contributed by atoms with van der Waals surface area (Å²) in [6, 6.07) is 0. The maximum Gasteiger partial charge on any atom is -0.0102 e. The third kappa shape index (κ3) is 15.3. The fourth-order valence-electron chi connectivity index (χ4n) is 2.25. The van der Waals surface area contributed by atoms with Crippen molar-refractivity contribution in [3.8, 4) is 5.92 Å². The van der Waals surface area contributed by atoms with Gasteiger partial charge in [0.1, 0.15) is 0 Å². The highest BCUT2D eigenvalue weighted by Crippen LogP contribution is 2.12. The van der Waals surface area contributed by atoms with Crippen LogP contribution in [0.2, 0.25) is 0 Å². The van der Waals surface area contributed by atoms with Crippen LogP contribution in [-0.2, 0) is 0 Å². The molecule has 0 amide bonds. The predicted molar refractivity (Wildman–Crippen MR) is 82.0 cm³/mol. The third-order valence-corrected chi connectivity index (χ3v) is 3.43. The SMILES string of the molecule is [C]#CC=CCCCCCCCCCCCCCC. The number of rotatable bonds is 13. The van der Waals surface area contributed by atoms with Crippen molar-refractivity contribution in [1.29, 1.82) is 0 Å². The third-order valence-electron chi connectivity index (χ3n) is 3.43. The van der Waals surface area contributed by atoms with E-state index in [9.17, 15) is 0 Å². The minimum Gasteiger partial charge on any atom is -0.0761 e. The molecule has 0 heteroatoms. The molecule has 0 N–H and O–H groups in total. The highest BCUT2D eigenvalue weighted by atomic mass is 14.0. The van der Waals surface area contributed by atoms with Gasteiger partial charge >= 0.3 is 0 Å². The smallest absolute Gasteiger partial charge is 0.0102 e. The Morgan fingerprint density at radius 1 is 0.722 bits per heavy atom. The number of allylic oxidation sites excluding steroid dienone is 2. The Kier molecular flexibility index (Phi) is 15.7.